The Bertz CT molecular complexity index is 709. The van der Waals surface area contributed by atoms with Crippen molar-refractivity contribution in [1.29, 1.82) is 0 Å². The molecule has 0 atom stereocenters. The van der Waals surface area contributed by atoms with Gasteiger partial charge in [0.15, 0.2) is 5.16 Å². The first kappa shape index (κ1) is 14.7. The Kier molecular flexibility index (Phi) is 4.28. The molecular formula is C11H8N4O5S. The summed E-state index contributed by atoms with van der Waals surface area (Å²) in [6.45, 7) is 0. The summed E-state index contributed by atoms with van der Waals surface area (Å²) in [5, 5.41) is 22.0. The van der Waals surface area contributed by atoms with Gasteiger partial charge in [-0.05, 0) is 12.3 Å². The summed E-state index contributed by atoms with van der Waals surface area (Å²) >= 11 is 1.31. The van der Waals surface area contributed by atoms with E-state index in [2.05, 4.69) is 9.97 Å². The van der Waals surface area contributed by atoms with Gasteiger partial charge in [-0.2, -0.15) is 4.98 Å². The van der Waals surface area contributed by atoms with Crippen molar-refractivity contribution in [1.82, 2.24) is 9.97 Å². The van der Waals surface area contributed by atoms with Gasteiger partial charge in [0.2, 0.25) is 5.88 Å². The molecule has 0 saturated carbocycles. The predicted molar refractivity (Wildman–Crippen MR) is 73.6 cm³/mol. The number of hydrogen-bond donors (Lipinski definition) is 0. The molecule has 1 heterocycles. The van der Waals surface area contributed by atoms with Gasteiger partial charge in [0.1, 0.15) is 5.75 Å². The van der Waals surface area contributed by atoms with Crippen molar-refractivity contribution in [3.8, 4) is 11.6 Å². The average molecular weight is 308 g/mol. The number of benzene rings is 1. The maximum Gasteiger partial charge on any atom is 0.349 e. The SMILES string of the molecule is CSc1nccc(Oc2ccc([N+](=O)[O-])c([N+](=O)[O-])c2)n1. The molecule has 1 aromatic carbocycles. The Hall–Kier alpha value is -2.75. The lowest BCUT2D eigenvalue weighted by Crippen LogP contribution is -1.97. The summed E-state index contributed by atoms with van der Waals surface area (Å²) in [7, 11) is 0. The van der Waals surface area contributed by atoms with Crippen molar-refractivity contribution in [3.05, 3.63) is 50.7 Å². The molecule has 108 valence electrons. The molecule has 0 aliphatic rings. The standard InChI is InChI=1S/C11H8N4O5S/c1-21-11-12-5-4-10(13-11)20-7-2-3-8(14(16)17)9(6-7)15(18)19/h2-6H,1H3. The zero-order valence-electron chi connectivity index (χ0n) is 10.6. The van der Waals surface area contributed by atoms with E-state index >= 15 is 0 Å². The monoisotopic (exact) mass is 308 g/mol. The predicted octanol–water partition coefficient (Wildman–Crippen LogP) is 2.81. The van der Waals surface area contributed by atoms with Crippen LogP contribution in [0, 0.1) is 20.2 Å². The van der Waals surface area contributed by atoms with Crippen LogP contribution >= 0.6 is 11.8 Å². The lowest BCUT2D eigenvalue weighted by molar-refractivity contribution is -0.422. The molecule has 1 aromatic heterocycles. The van der Waals surface area contributed by atoms with Crippen LogP contribution in [0.4, 0.5) is 11.4 Å². The van der Waals surface area contributed by atoms with Crippen LogP contribution in [0.25, 0.3) is 0 Å². The van der Waals surface area contributed by atoms with Gasteiger partial charge in [0.05, 0.1) is 15.9 Å². The summed E-state index contributed by atoms with van der Waals surface area (Å²) in [6.07, 6.45) is 3.27. The zero-order chi connectivity index (χ0) is 15.4. The van der Waals surface area contributed by atoms with Crippen LogP contribution in [0.15, 0.2) is 35.6 Å². The minimum absolute atomic E-state index is 0.0815. The quantitative estimate of drug-likeness (QED) is 0.357. The third-order valence-electron chi connectivity index (χ3n) is 2.35. The Morgan fingerprint density at radius 3 is 2.48 bits per heavy atom. The van der Waals surface area contributed by atoms with E-state index in [1.807, 2.05) is 0 Å². The molecule has 10 heteroatoms. The molecule has 0 radical (unpaired) electrons. The minimum atomic E-state index is -0.835. The molecule has 0 amide bonds. The number of aromatic nitrogens is 2. The maximum absolute atomic E-state index is 10.8. The van der Waals surface area contributed by atoms with Gasteiger partial charge in [0.25, 0.3) is 0 Å². The molecule has 9 nitrogen and oxygen atoms in total. The fourth-order valence-corrected chi connectivity index (χ4v) is 1.82. The Labute approximate surface area is 122 Å². The van der Waals surface area contributed by atoms with E-state index in [0.29, 0.717) is 5.16 Å². The molecule has 0 aliphatic carbocycles. The Balaban J connectivity index is 2.34. The van der Waals surface area contributed by atoms with Gasteiger partial charge in [-0.15, -0.1) is 0 Å². The topological polar surface area (TPSA) is 121 Å². The Morgan fingerprint density at radius 1 is 1.14 bits per heavy atom. The smallest absolute Gasteiger partial charge is 0.349 e. The van der Waals surface area contributed by atoms with Crippen LogP contribution in [0.1, 0.15) is 0 Å². The number of nitro benzene ring substituents is 2. The molecule has 0 saturated heterocycles. The second kappa shape index (κ2) is 6.13. The largest absolute Gasteiger partial charge is 0.439 e. The molecular weight excluding hydrogens is 300 g/mol. The highest BCUT2D eigenvalue weighted by atomic mass is 32.2. The minimum Gasteiger partial charge on any atom is -0.439 e. The van der Waals surface area contributed by atoms with Gasteiger partial charge in [-0.3, -0.25) is 20.2 Å². The molecule has 2 rings (SSSR count). The van der Waals surface area contributed by atoms with E-state index in [9.17, 15) is 20.2 Å². The van der Waals surface area contributed by atoms with Crippen LogP contribution in [0.3, 0.4) is 0 Å². The number of nitro groups is 2. The van der Waals surface area contributed by atoms with E-state index in [1.165, 1.54) is 30.1 Å². The third kappa shape index (κ3) is 3.42. The summed E-state index contributed by atoms with van der Waals surface area (Å²) in [6, 6.07) is 4.75. The average Bonchev–Trinajstić information content (AvgIpc) is 2.47. The number of nitrogens with zero attached hydrogens (tertiary/aromatic N) is 4. The fourth-order valence-electron chi connectivity index (χ4n) is 1.47. The van der Waals surface area contributed by atoms with Gasteiger partial charge in [-0.1, -0.05) is 11.8 Å². The van der Waals surface area contributed by atoms with Crippen molar-refractivity contribution in [2.75, 3.05) is 6.26 Å². The van der Waals surface area contributed by atoms with Gasteiger partial charge < -0.3 is 4.74 Å². The van der Waals surface area contributed by atoms with Crippen molar-refractivity contribution in [2.45, 2.75) is 5.16 Å². The molecule has 0 fully saturated rings. The van der Waals surface area contributed by atoms with Gasteiger partial charge in [-0.25, -0.2) is 4.98 Å². The Morgan fingerprint density at radius 2 is 1.86 bits per heavy atom. The highest BCUT2D eigenvalue weighted by Gasteiger charge is 2.24. The molecule has 0 aliphatic heterocycles. The third-order valence-corrected chi connectivity index (χ3v) is 2.92. The van der Waals surface area contributed by atoms with Crippen LogP contribution in [-0.4, -0.2) is 26.1 Å². The first-order chi connectivity index (χ1) is 10.0. The highest BCUT2D eigenvalue weighted by molar-refractivity contribution is 7.98. The fraction of sp³-hybridized carbons (Fsp3) is 0.0909. The lowest BCUT2D eigenvalue weighted by Gasteiger charge is -2.05. The molecule has 0 unspecified atom stereocenters. The van der Waals surface area contributed by atoms with E-state index in [-0.39, 0.29) is 11.6 Å². The van der Waals surface area contributed by atoms with Crippen molar-refractivity contribution in [3.63, 3.8) is 0 Å². The lowest BCUT2D eigenvalue weighted by atomic mass is 10.2. The van der Waals surface area contributed by atoms with Crippen LogP contribution in [0.5, 0.6) is 11.6 Å². The van der Waals surface area contributed by atoms with E-state index in [0.717, 1.165) is 12.1 Å². The van der Waals surface area contributed by atoms with E-state index in [1.54, 1.807) is 6.26 Å². The second-order valence-electron chi connectivity index (χ2n) is 3.65. The number of hydrogen-bond acceptors (Lipinski definition) is 8. The summed E-state index contributed by atoms with van der Waals surface area (Å²) in [5.41, 5.74) is -1.24. The van der Waals surface area contributed by atoms with Crippen molar-refractivity contribution in [2.24, 2.45) is 0 Å². The van der Waals surface area contributed by atoms with Crippen LogP contribution in [-0.2, 0) is 0 Å². The molecule has 0 N–H and O–H groups in total. The van der Waals surface area contributed by atoms with Gasteiger partial charge in [0, 0.05) is 18.3 Å². The molecule has 21 heavy (non-hydrogen) atoms. The summed E-state index contributed by atoms with van der Waals surface area (Å²) in [5.74, 6) is 0.274. The maximum atomic E-state index is 10.8. The number of thioether (sulfide) groups is 1. The van der Waals surface area contributed by atoms with Crippen LogP contribution in [0.2, 0.25) is 0 Å². The van der Waals surface area contributed by atoms with E-state index < -0.39 is 21.2 Å². The zero-order valence-corrected chi connectivity index (χ0v) is 11.4. The van der Waals surface area contributed by atoms with Gasteiger partial charge >= 0.3 is 11.4 Å². The first-order valence-corrected chi connectivity index (χ1v) is 6.71. The second-order valence-corrected chi connectivity index (χ2v) is 4.42. The normalized spacial score (nSPS) is 10.1. The van der Waals surface area contributed by atoms with E-state index in [4.69, 9.17) is 4.74 Å². The number of ether oxygens (including phenoxy) is 1. The van der Waals surface area contributed by atoms with Crippen LogP contribution < -0.4 is 4.74 Å². The van der Waals surface area contributed by atoms with Crippen molar-refractivity contribution >= 4 is 23.1 Å². The first-order valence-electron chi connectivity index (χ1n) is 5.49. The molecule has 2 aromatic rings. The molecule has 0 spiro atoms. The summed E-state index contributed by atoms with van der Waals surface area (Å²) < 4.78 is 5.35. The number of rotatable bonds is 5. The van der Waals surface area contributed by atoms with Crippen molar-refractivity contribution < 1.29 is 14.6 Å². The highest BCUT2D eigenvalue weighted by Crippen LogP contribution is 2.32. The molecule has 0 bridgehead atoms. The summed E-state index contributed by atoms with van der Waals surface area (Å²) in [4.78, 5) is 27.9.